The van der Waals surface area contributed by atoms with Gasteiger partial charge >= 0.3 is 0 Å². The largest absolute Gasteiger partial charge is 0.506 e. The Balaban J connectivity index is 2.01. The Morgan fingerprint density at radius 2 is 1.30 bits per heavy atom. The van der Waals surface area contributed by atoms with Gasteiger partial charge in [-0.1, -0.05) is 0 Å². The molecule has 0 unspecified atom stereocenters. The molecule has 0 spiro atoms. The third-order valence-electron chi connectivity index (χ3n) is 7.64. The summed E-state index contributed by atoms with van der Waals surface area (Å²) in [5.41, 5.74) is -0.414. The summed E-state index contributed by atoms with van der Waals surface area (Å²) in [6.45, 7) is 2.91. The number of Topliss-reactive ketones (excluding diaryl/α,β-unsaturated/α-hetero) is 1. The van der Waals surface area contributed by atoms with Crippen LogP contribution in [0.2, 0.25) is 0 Å². The van der Waals surface area contributed by atoms with Gasteiger partial charge in [-0.3, -0.25) is 9.59 Å². The van der Waals surface area contributed by atoms with Gasteiger partial charge in [0.2, 0.25) is 5.79 Å². The number of phenols is 2. The average Bonchev–Trinajstić information content (AvgIpc) is 2.95. The summed E-state index contributed by atoms with van der Waals surface area (Å²) in [6.07, 6.45) is -0.441. The lowest BCUT2D eigenvalue weighted by Crippen LogP contribution is -2.39. The van der Waals surface area contributed by atoms with E-state index in [1.165, 1.54) is 41.4 Å². The van der Waals surface area contributed by atoms with Crippen LogP contribution in [0.5, 0.6) is 40.2 Å². The number of aliphatic hydroxyl groups is 1. The molecule has 1 aliphatic heterocycles. The minimum Gasteiger partial charge on any atom is -0.506 e. The SMILES string of the molecule is COc1cc(OC)c2c(O)c3c(c(-c4c5cc(OC)cc(OC)c5c(O)c5c(=O)cc(C)oc45)c2c1)O[C@](C)(O)CC3=O. The van der Waals surface area contributed by atoms with Crippen molar-refractivity contribution in [2.24, 2.45) is 0 Å². The van der Waals surface area contributed by atoms with Crippen molar-refractivity contribution in [2.75, 3.05) is 28.4 Å². The van der Waals surface area contributed by atoms with E-state index in [4.69, 9.17) is 28.1 Å². The Hall–Kier alpha value is -5.16. The van der Waals surface area contributed by atoms with Gasteiger partial charge in [0.1, 0.15) is 62.5 Å². The number of ether oxygens (including phenoxy) is 5. The molecular formula is C32H28O11. The first-order valence-electron chi connectivity index (χ1n) is 13.2. The van der Waals surface area contributed by atoms with Crippen LogP contribution in [0, 0.1) is 6.92 Å². The van der Waals surface area contributed by atoms with Gasteiger partial charge in [0.15, 0.2) is 11.2 Å². The normalized spacial score (nSPS) is 16.3. The Morgan fingerprint density at radius 1 is 0.744 bits per heavy atom. The highest BCUT2D eigenvalue weighted by Gasteiger charge is 2.41. The fraction of sp³-hybridized carbons (Fsp3) is 0.250. The highest BCUT2D eigenvalue weighted by Crippen LogP contribution is 2.56. The highest BCUT2D eigenvalue weighted by molar-refractivity contribution is 6.24. The van der Waals surface area contributed by atoms with Crippen LogP contribution in [-0.2, 0) is 0 Å². The summed E-state index contributed by atoms with van der Waals surface area (Å²) < 4.78 is 34.5. The molecule has 0 bridgehead atoms. The van der Waals surface area contributed by atoms with E-state index in [9.17, 15) is 24.9 Å². The first-order chi connectivity index (χ1) is 20.4. The molecule has 222 valence electrons. The Morgan fingerprint density at radius 3 is 1.86 bits per heavy atom. The van der Waals surface area contributed by atoms with Crippen molar-refractivity contribution in [2.45, 2.75) is 26.1 Å². The molecule has 2 heterocycles. The number of ketones is 1. The molecule has 1 aromatic heterocycles. The van der Waals surface area contributed by atoms with Gasteiger partial charge in [0.25, 0.3) is 0 Å². The molecule has 43 heavy (non-hydrogen) atoms. The number of benzene rings is 4. The monoisotopic (exact) mass is 588 g/mol. The molecule has 0 radical (unpaired) electrons. The summed E-state index contributed by atoms with van der Waals surface area (Å²) in [6, 6.07) is 7.55. The Bertz CT molecular complexity index is 2070. The smallest absolute Gasteiger partial charge is 0.212 e. The number of phenolic OH excluding ortho intramolecular Hbond substituents is 2. The van der Waals surface area contributed by atoms with Crippen molar-refractivity contribution in [3.05, 3.63) is 51.9 Å². The summed E-state index contributed by atoms with van der Waals surface area (Å²) >= 11 is 0. The van der Waals surface area contributed by atoms with Gasteiger partial charge in [-0.15, -0.1) is 0 Å². The van der Waals surface area contributed by atoms with Gasteiger partial charge < -0.3 is 43.4 Å². The maximum absolute atomic E-state index is 13.5. The molecule has 1 aliphatic rings. The van der Waals surface area contributed by atoms with Crippen molar-refractivity contribution in [3.8, 4) is 51.4 Å². The van der Waals surface area contributed by atoms with Crippen LogP contribution < -0.4 is 29.1 Å². The maximum Gasteiger partial charge on any atom is 0.212 e. The fourth-order valence-electron chi connectivity index (χ4n) is 5.86. The molecule has 4 aromatic carbocycles. The second-order valence-electron chi connectivity index (χ2n) is 10.5. The minimum atomic E-state index is -1.95. The zero-order valence-corrected chi connectivity index (χ0v) is 24.2. The van der Waals surface area contributed by atoms with Crippen LogP contribution in [0.25, 0.3) is 43.6 Å². The Labute approximate surface area is 244 Å². The van der Waals surface area contributed by atoms with E-state index in [0.29, 0.717) is 16.9 Å². The molecular weight excluding hydrogens is 560 g/mol. The van der Waals surface area contributed by atoms with E-state index in [0.717, 1.165) is 0 Å². The molecule has 0 amide bonds. The van der Waals surface area contributed by atoms with Crippen molar-refractivity contribution >= 4 is 38.3 Å². The molecule has 5 aromatic rings. The minimum absolute atomic E-state index is 0.0393. The van der Waals surface area contributed by atoms with E-state index in [1.54, 1.807) is 31.2 Å². The number of hydrogen-bond donors (Lipinski definition) is 3. The number of methoxy groups -OCH3 is 4. The lowest BCUT2D eigenvalue weighted by molar-refractivity contribution is -0.122. The van der Waals surface area contributed by atoms with Crippen LogP contribution in [0.3, 0.4) is 0 Å². The van der Waals surface area contributed by atoms with Gasteiger partial charge in [-0.2, -0.15) is 0 Å². The molecule has 0 fully saturated rings. The summed E-state index contributed by atoms with van der Waals surface area (Å²) in [5, 5.41) is 34.8. The highest BCUT2D eigenvalue weighted by atomic mass is 16.6. The molecule has 0 aliphatic carbocycles. The number of rotatable bonds is 5. The predicted octanol–water partition coefficient (Wildman–Crippen LogP) is 5.19. The molecule has 11 heteroatoms. The zero-order valence-electron chi connectivity index (χ0n) is 24.2. The van der Waals surface area contributed by atoms with E-state index in [1.807, 2.05) is 0 Å². The second-order valence-corrected chi connectivity index (χ2v) is 10.5. The number of fused-ring (bicyclic) bond motifs is 4. The number of carbonyl (C=O) groups excluding carboxylic acids is 1. The second kappa shape index (κ2) is 9.70. The summed E-state index contributed by atoms with van der Waals surface area (Å²) in [4.78, 5) is 27.0. The van der Waals surface area contributed by atoms with E-state index < -0.39 is 34.9 Å². The zero-order chi connectivity index (χ0) is 31.0. The molecule has 0 saturated heterocycles. The van der Waals surface area contributed by atoms with Gasteiger partial charge in [-0.05, 0) is 19.1 Å². The molecule has 1 atom stereocenters. The van der Waals surface area contributed by atoms with E-state index >= 15 is 0 Å². The van der Waals surface area contributed by atoms with Crippen molar-refractivity contribution in [1.29, 1.82) is 0 Å². The fourth-order valence-corrected chi connectivity index (χ4v) is 5.86. The standard InChI is InChI=1S/C32H28O11/c1-13-7-18(33)26-28(35)22-16(8-14(38-3)10-20(22)40-5)24(30(26)42-13)25-17-9-15(39-4)11-21(41-6)23(17)29(36)27-19(34)12-32(2,37)43-31(25)27/h7-11,35-37H,12H2,1-6H3/t32-/m0/s1. The Kier molecular flexibility index (Phi) is 6.31. The van der Waals surface area contributed by atoms with Gasteiger partial charge in [0.05, 0.1) is 45.6 Å². The summed E-state index contributed by atoms with van der Waals surface area (Å²) in [5.74, 6) is -2.24. The molecule has 6 rings (SSSR count). The van der Waals surface area contributed by atoms with Crippen LogP contribution >= 0.6 is 0 Å². The maximum atomic E-state index is 13.5. The molecule has 11 nitrogen and oxygen atoms in total. The van der Waals surface area contributed by atoms with Crippen LogP contribution in [0.4, 0.5) is 0 Å². The predicted molar refractivity (Wildman–Crippen MR) is 157 cm³/mol. The summed E-state index contributed by atoms with van der Waals surface area (Å²) in [7, 11) is 5.71. The number of hydrogen-bond acceptors (Lipinski definition) is 11. The van der Waals surface area contributed by atoms with Crippen LogP contribution in [0.1, 0.15) is 29.5 Å². The first-order valence-corrected chi connectivity index (χ1v) is 13.2. The van der Waals surface area contributed by atoms with Crippen molar-refractivity contribution in [1.82, 2.24) is 0 Å². The topological polar surface area (TPSA) is 154 Å². The quantitative estimate of drug-likeness (QED) is 0.232. The van der Waals surface area contributed by atoms with Crippen molar-refractivity contribution in [3.63, 3.8) is 0 Å². The lowest BCUT2D eigenvalue weighted by atomic mass is 9.85. The van der Waals surface area contributed by atoms with Gasteiger partial charge in [0, 0.05) is 47.0 Å². The number of aromatic hydroxyl groups is 2. The lowest BCUT2D eigenvalue weighted by Gasteiger charge is -2.33. The third kappa shape index (κ3) is 4.07. The van der Waals surface area contributed by atoms with Crippen LogP contribution in [-0.4, -0.2) is 55.3 Å². The average molecular weight is 589 g/mol. The molecule has 3 N–H and O–H groups in total. The molecule has 0 saturated carbocycles. The third-order valence-corrected chi connectivity index (χ3v) is 7.64. The first kappa shape index (κ1) is 28.0. The van der Waals surface area contributed by atoms with Gasteiger partial charge in [-0.25, -0.2) is 0 Å². The van der Waals surface area contributed by atoms with E-state index in [2.05, 4.69) is 0 Å². The van der Waals surface area contributed by atoms with Crippen molar-refractivity contribution < 1.29 is 48.2 Å². The van der Waals surface area contributed by atoms with E-state index in [-0.39, 0.29) is 66.8 Å². The number of carbonyl (C=O) groups is 1. The van der Waals surface area contributed by atoms with Crippen LogP contribution in [0.15, 0.2) is 39.5 Å². The number of aryl methyl sites for hydroxylation is 1.